The summed E-state index contributed by atoms with van der Waals surface area (Å²) in [6.07, 6.45) is 2.00. The first-order valence-corrected chi connectivity index (χ1v) is 5.59. The first kappa shape index (κ1) is 13.9. The Morgan fingerprint density at radius 2 is 1.93 bits per heavy atom. The van der Waals surface area contributed by atoms with Crippen LogP contribution >= 0.6 is 0 Å². The summed E-state index contributed by atoms with van der Waals surface area (Å²) < 4.78 is 0. The molecular weight excluding hydrogens is 176 g/mol. The molecular formula is C11H26N2O. The van der Waals surface area contributed by atoms with Crippen LogP contribution in [0.2, 0.25) is 0 Å². The molecule has 0 radical (unpaired) electrons. The summed E-state index contributed by atoms with van der Waals surface area (Å²) in [5, 5.41) is 8.74. The van der Waals surface area contributed by atoms with Crippen molar-refractivity contribution in [2.75, 3.05) is 32.8 Å². The normalized spacial score (nSPS) is 12.4. The summed E-state index contributed by atoms with van der Waals surface area (Å²) >= 11 is 0. The maximum atomic E-state index is 8.74. The van der Waals surface area contributed by atoms with Gasteiger partial charge in [0.05, 0.1) is 0 Å². The van der Waals surface area contributed by atoms with Crippen molar-refractivity contribution >= 4 is 0 Å². The van der Waals surface area contributed by atoms with Crippen molar-refractivity contribution in [2.45, 2.75) is 33.6 Å². The summed E-state index contributed by atoms with van der Waals surface area (Å²) in [4.78, 5) is 2.37. The second-order valence-corrected chi connectivity index (χ2v) is 4.63. The first-order chi connectivity index (χ1) is 6.55. The highest BCUT2D eigenvalue weighted by Gasteiger charge is 2.16. The molecule has 0 aliphatic carbocycles. The molecule has 0 aromatic heterocycles. The van der Waals surface area contributed by atoms with Crippen LogP contribution in [0.1, 0.15) is 33.6 Å². The van der Waals surface area contributed by atoms with E-state index in [1.165, 1.54) is 0 Å². The molecule has 3 heteroatoms. The average Bonchev–Trinajstić information content (AvgIpc) is 2.18. The van der Waals surface area contributed by atoms with Gasteiger partial charge in [0, 0.05) is 13.2 Å². The fraction of sp³-hybridized carbons (Fsp3) is 1.00. The van der Waals surface area contributed by atoms with Crippen molar-refractivity contribution in [3.8, 4) is 0 Å². The quantitative estimate of drug-likeness (QED) is 0.619. The van der Waals surface area contributed by atoms with Gasteiger partial charge in [0.2, 0.25) is 0 Å². The first-order valence-electron chi connectivity index (χ1n) is 5.59. The van der Waals surface area contributed by atoms with Gasteiger partial charge in [-0.25, -0.2) is 0 Å². The zero-order valence-corrected chi connectivity index (χ0v) is 9.92. The van der Waals surface area contributed by atoms with Crippen LogP contribution < -0.4 is 5.73 Å². The second kappa shape index (κ2) is 7.21. The molecule has 0 unspecified atom stereocenters. The molecule has 0 saturated heterocycles. The van der Waals surface area contributed by atoms with Gasteiger partial charge in [0.1, 0.15) is 0 Å². The average molecular weight is 202 g/mol. The van der Waals surface area contributed by atoms with Crippen molar-refractivity contribution in [3.05, 3.63) is 0 Å². The fourth-order valence-corrected chi connectivity index (χ4v) is 1.29. The van der Waals surface area contributed by atoms with Gasteiger partial charge in [-0.1, -0.05) is 20.8 Å². The molecule has 0 fully saturated rings. The molecule has 3 nitrogen and oxygen atoms in total. The number of hydrogen-bond acceptors (Lipinski definition) is 3. The topological polar surface area (TPSA) is 49.5 Å². The molecule has 14 heavy (non-hydrogen) atoms. The Balaban J connectivity index is 3.71. The molecule has 0 aromatic carbocycles. The van der Waals surface area contributed by atoms with Crippen molar-refractivity contribution in [1.29, 1.82) is 0 Å². The lowest BCUT2D eigenvalue weighted by Gasteiger charge is -2.27. The monoisotopic (exact) mass is 202 g/mol. The van der Waals surface area contributed by atoms with Crippen molar-refractivity contribution in [3.63, 3.8) is 0 Å². The Hall–Kier alpha value is -0.120. The maximum Gasteiger partial charge on any atom is 0.0443 e. The van der Waals surface area contributed by atoms with Gasteiger partial charge >= 0.3 is 0 Å². The maximum absolute atomic E-state index is 8.74. The molecule has 0 aliphatic heterocycles. The van der Waals surface area contributed by atoms with E-state index in [1.807, 2.05) is 0 Å². The van der Waals surface area contributed by atoms with Crippen LogP contribution in [0.25, 0.3) is 0 Å². The highest BCUT2D eigenvalue weighted by Crippen LogP contribution is 2.18. The van der Waals surface area contributed by atoms with Crippen molar-refractivity contribution in [1.82, 2.24) is 4.90 Å². The van der Waals surface area contributed by atoms with Gasteiger partial charge < -0.3 is 15.7 Å². The summed E-state index contributed by atoms with van der Waals surface area (Å²) in [6, 6.07) is 0. The number of nitrogens with zero attached hydrogens (tertiary/aromatic N) is 1. The Bertz CT molecular complexity index is 137. The molecule has 0 bridgehead atoms. The van der Waals surface area contributed by atoms with Gasteiger partial charge in [-0.05, 0) is 37.9 Å². The molecule has 3 N–H and O–H groups in total. The summed E-state index contributed by atoms with van der Waals surface area (Å²) in [5.74, 6) is 0. The zero-order valence-electron chi connectivity index (χ0n) is 9.92. The van der Waals surface area contributed by atoms with Crippen LogP contribution in [0.5, 0.6) is 0 Å². The van der Waals surface area contributed by atoms with E-state index >= 15 is 0 Å². The van der Waals surface area contributed by atoms with E-state index in [1.54, 1.807) is 0 Å². The van der Waals surface area contributed by atoms with E-state index in [0.29, 0.717) is 0 Å². The van der Waals surface area contributed by atoms with E-state index in [0.717, 1.165) is 39.0 Å². The van der Waals surface area contributed by atoms with E-state index in [9.17, 15) is 0 Å². The standard InChI is InChI=1S/C11H26N2O/c1-4-13(7-5-9-14)8-6-11(2,3)10-12/h14H,4-10,12H2,1-3H3. The Morgan fingerprint density at radius 1 is 1.29 bits per heavy atom. The largest absolute Gasteiger partial charge is 0.396 e. The highest BCUT2D eigenvalue weighted by molar-refractivity contribution is 4.71. The Labute approximate surface area is 88.3 Å². The second-order valence-electron chi connectivity index (χ2n) is 4.63. The third-order valence-corrected chi connectivity index (χ3v) is 2.74. The summed E-state index contributed by atoms with van der Waals surface area (Å²) in [7, 11) is 0. The molecule has 0 spiro atoms. The van der Waals surface area contributed by atoms with Crippen LogP contribution in [0.15, 0.2) is 0 Å². The third kappa shape index (κ3) is 6.35. The van der Waals surface area contributed by atoms with Crippen molar-refractivity contribution < 1.29 is 5.11 Å². The number of nitrogens with two attached hydrogens (primary N) is 1. The predicted molar refractivity (Wildman–Crippen MR) is 61.3 cm³/mol. The minimum Gasteiger partial charge on any atom is -0.396 e. The van der Waals surface area contributed by atoms with E-state index in [2.05, 4.69) is 25.7 Å². The lowest BCUT2D eigenvalue weighted by Crippen LogP contribution is -2.32. The zero-order chi connectivity index (χ0) is 11.0. The lowest BCUT2D eigenvalue weighted by atomic mass is 9.89. The van der Waals surface area contributed by atoms with E-state index in [4.69, 9.17) is 10.8 Å². The number of hydrogen-bond donors (Lipinski definition) is 2. The van der Waals surface area contributed by atoms with Gasteiger partial charge in [-0.2, -0.15) is 0 Å². The van der Waals surface area contributed by atoms with Crippen molar-refractivity contribution in [2.24, 2.45) is 11.1 Å². The van der Waals surface area contributed by atoms with Gasteiger partial charge in [-0.3, -0.25) is 0 Å². The molecule has 0 aromatic rings. The fourth-order valence-electron chi connectivity index (χ4n) is 1.29. The van der Waals surface area contributed by atoms with Crippen LogP contribution in [0.3, 0.4) is 0 Å². The number of aliphatic hydroxyl groups excluding tert-OH is 1. The molecule has 0 aliphatic rings. The third-order valence-electron chi connectivity index (χ3n) is 2.74. The minimum absolute atomic E-state index is 0.243. The predicted octanol–water partition coefficient (Wildman–Crippen LogP) is 1.07. The molecule has 0 rings (SSSR count). The smallest absolute Gasteiger partial charge is 0.0443 e. The van der Waals surface area contributed by atoms with Gasteiger partial charge in [0.15, 0.2) is 0 Å². The SMILES string of the molecule is CCN(CCCO)CCC(C)(C)CN. The Kier molecular flexibility index (Phi) is 7.15. The van der Waals surface area contributed by atoms with E-state index in [-0.39, 0.29) is 12.0 Å². The Morgan fingerprint density at radius 3 is 2.36 bits per heavy atom. The molecule has 0 saturated carbocycles. The number of aliphatic hydroxyl groups is 1. The minimum atomic E-state index is 0.243. The van der Waals surface area contributed by atoms with Crippen LogP contribution in [0, 0.1) is 5.41 Å². The molecule has 0 heterocycles. The molecule has 0 amide bonds. The summed E-state index contributed by atoms with van der Waals surface area (Å²) in [6.45, 7) is 10.7. The van der Waals surface area contributed by atoms with Crippen LogP contribution in [0.4, 0.5) is 0 Å². The summed E-state index contributed by atoms with van der Waals surface area (Å²) in [5.41, 5.74) is 5.92. The molecule has 86 valence electrons. The van der Waals surface area contributed by atoms with Crippen LogP contribution in [-0.2, 0) is 0 Å². The number of rotatable bonds is 8. The van der Waals surface area contributed by atoms with E-state index < -0.39 is 0 Å². The van der Waals surface area contributed by atoms with Crippen LogP contribution in [-0.4, -0.2) is 42.8 Å². The van der Waals surface area contributed by atoms with Gasteiger partial charge in [-0.15, -0.1) is 0 Å². The lowest BCUT2D eigenvalue weighted by molar-refractivity contribution is 0.203. The highest BCUT2D eigenvalue weighted by atomic mass is 16.3. The van der Waals surface area contributed by atoms with Gasteiger partial charge in [0.25, 0.3) is 0 Å². The molecule has 0 atom stereocenters.